The van der Waals surface area contributed by atoms with Crippen LogP contribution in [0.4, 0.5) is 5.82 Å². The zero-order valence-electron chi connectivity index (χ0n) is 11.9. The van der Waals surface area contributed by atoms with E-state index < -0.39 is 0 Å². The Balaban J connectivity index is 2.03. The van der Waals surface area contributed by atoms with Crippen molar-refractivity contribution in [2.24, 2.45) is 7.05 Å². The van der Waals surface area contributed by atoms with Gasteiger partial charge >= 0.3 is 0 Å². The maximum atomic E-state index is 12.2. The number of carbonyl (C=O) groups is 1. The molecule has 8 heteroatoms. The van der Waals surface area contributed by atoms with Crippen molar-refractivity contribution in [1.29, 1.82) is 0 Å². The van der Waals surface area contributed by atoms with E-state index in [2.05, 4.69) is 32.6 Å². The van der Waals surface area contributed by atoms with Crippen LogP contribution < -0.4 is 10.6 Å². The Morgan fingerprint density at radius 3 is 2.90 bits per heavy atom. The minimum atomic E-state index is -0.283. The summed E-state index contributed by atoms with van der Waals surface area (Å²) in [4.78, 5) is 20.3. The van der Waals surface area contributed by atoms with Crippen LogP contribution in [0.25, 0.3) is 0 Å². The lowest BCUT2D eigenvalue weighted by molar-refractivity contribution is 0.0950. The molecule has 0 spiro atoms. The highest BCUT2D eigenvalue weighted by atomic mass is 35.5. The van der Waals surface area contributed by atoms with E-state index in [-0.39, 0.29) is 12.5 Å². The third kappa shape index (κ3) is 4.16. The van der Waals surface area contributed by atoms with Gasteiger partial charge < -0.3 is 10.6 Å². The Bertz CT molecular complexity index is 627. The molecule has 0 aromatic carbocycles. The fourth-order valence-electron chi connectivity index (χ4n) is 1.68. The standard InChI is InChI=1S/C13H17ClN6O/c1-3-4-15-11-5-9(10(14)6-16-11)13(21)17-7-12-18-8-20(2)19-12/h5-6,8H,3-4,7H2,1-2H3,(H,15,16)(H,17,21). The number of hydrogen-bond donors (Lipinski definition) is 2. The van der Waals surface area contributed by atoms with Gasteiger partial charge in [-0.15, -0.1) is 0 Å². The Morgan fingerprint density at radius 1 is 1.43 bits per heavy atom. The van der Waals surface area contributed by atoms with Crippen molar-refractivity contribution in [2.75, 3.05) is 11.9 Å². The van der Waals surface area contributed by atoms with Crippen molar-refractivity contribution in [3.8, 4) is 0 Å². The van der Waals surface area contributed by atoms with E-state index in [1.807, 2.05) is 0 Å². The van der Waals surface area contributed by atoms with Crippen LogP contribution in [0.3, 0.4) is 0 Å². The monoisotopic (exact) mass is 308 g/mol. The normalized spacial score (nSPS) is 10.4. The number of anilines is 1. The lowest BCUT2D eigenvalue weighted by Gasteiger charge is -2.08. The molecule has 0 aliphatic carbocycles. The maximum Gasteiger partial charge on any atom is 0.253 e. The fraction of sp³-hybridized carbons (Fsp3) is 0.385. The molecule has 0 aliphatic heterocycles. The van der Waals surface area contributed by atoms with Crippen molar-refractivity contribution in [3.63, 3.8) is 0 Å². The maximum absolute atomic E-state index is 12.2. The smallest absolute Gasteiger partial charge is 0.253 e. The first kappa shape index (κ1) is 15.2. The average molecular weight is 309 g/mol. The number of nitrogens with one attached hydrogen (secondary N) is 2. The van der Waals surface area contributed by atoms with Crippen LogP contribution in [-0.4, -0.2) is 32.2 Å². The van der Waals surface area contributed by atoms with Gasteiger partial charge in [0, 0.05) is 19.8 Å². The summed E-state index contributed by atoms with van der Waals surface area (Å²) < 4.78 is 1.58. The second-order valence-electron chi connectivity index (χ2n) is 4.49. The van der Waals surface area contributed by atoms with Crippen LogP contribution in [0.2, 0.25) is 5.02 Å². The molecule has 7 nitrogen and oxygen atoms in total. The summed E-state index contributed by atoms with van der Waals surface area (Å²) in [6.45, 7) is 3.08. The molecule has 2 rings (SSSR count). The summed E-state index contributed by atoms with van der Waals surface area (Å²) in [5.74, 6) is 0.886. The van der Waals surface area contributed by atoms with Gasteiger partial charge in [-0.3, -0.25) is 9.48 Å². The second kappa shape index (κ2) is 7.03. The lowest BCUT2D eigenvalue weighted by Crippen LogP contribution is -2.24. The van der Waals surface area contributed by atoms with Crippen LogP contribution in [0.1, 0.15) is 29.5 Å². The minimum absolute atomic E-state index is 0.246. The molecule has 21 heavy (non-hydrogen) atoms. The average Bonchev–Trinajstić information content (AvgIpc) is 2.89. The Labute approximate surface area is 127 Å². The number of rotatable bonds is 6. The molecule has 1 amide bonds. The minimum Gasteiger partial charge on any atom is -0.370 e. The second-order valence-corrected chi connectivity index (χ2v) is 4.90. The molecule has 0 saturated heterocycles. The highest BCUT2D eigenvalue weighted by molar-refractivity contribution is 6.33. The first-order valence-electron chi connectivity index (χ1n) is 6.62. The largest absolute Gasteiger partial charge is 0.370 e. The number of pyridine rings is 1. The fourth-order valence-corrected chi connectivity index (χ4v) is 1.87. The van der Waals surface area contributed by atoms with E-state index in [0.717, 1.165) is 13.0 Å². The predicted molar refractivity (Wildman–Crippen MR) is 80.2 cm³/mol. The number of aryl methyl sites for hydroxylation is 1. The quantitative estimate of drug-likeness (QED) is 0.847. The molecule has 0 unspecified atom stereocenters. The van der Waals surface area contributed by atoms with Gasteiger partial charge in [0.1, 0.15) is 12.1 Å². The molecule has 2 N–H and O–H groups in total. The van der Waals surface area contributed by atoms with Gasteiger partial charge in [-0.05, 0) is 12.5 Å². The van der Waals surface area contributed by atoms with E-state index in [4.69, 9.17) is 11.6 Å². The van der Waals surface area contributed by atoms with Crippen LogP contribution >= 0.6 is 11.6 Å². The zero-order valence-corrected chi connectivity index (χ0v) is 12.7. The number of nitrogens with zero attached hydrogens (tertiary/aromatic N) is 4. The van der Waals surface area contributed by atoms with Crippen LogP contribution in [0, 0.1) is 0 Å². The van der Waals surface area contributed by atoms with E-state index in [0.29, 0.717) is 22.2 Å². The van der Waals surface area contributed by atoms with Gasteiger partial charge in [0.25, 0.3) is 5.91 Å². The third-order valence-electron chi connectivity index (χ3n) is 2.71. The summed E-state index contributed by atoms with van der Waals surface area (Å²) in [6.07, 6.45) is 4.01. The molecular weight excluding hydrogens is 292 g/mol. The molecule has 2 aromatic heterocycles. The summed E-state index contributed by atoms with van der Waals surface area (Å²) >= 11 is 6.02. The number of carbonyl (C=O) groups excluding carboxylic acids is 1. The molecule has 2 aromatic rings. The van der Waals surface area contributed by atoms with Crippen LogP contribution in [0.15, 0.2) is 18.6 Å². The van der Waals surface area contributed by atoms with Gasteiger partial charge in [-0.25, -0.2) is 9.97 Å². The van der Waals surface area contributed by atoms with Crippen molar-refractivity contribution >= 4 is 23.3 Å². The molecule has 112 valence electrons. The Morgan fingerprint density at radius 2 is 2.24 bits per heavy atom. The summed E-state index contributed by atoms with van der Waals surface area (Å²) in [7, 11) is 1.77. The summed E-state index contributed by atoms with van der Waals surface area (Å²) in [5.41, 5.74) is 0.376. The van der Waals surface area contributed by atoms with Crippen molar-refractivity contribution < 1.29 is 4.79 Å². The Hall–Kier alpha value is -2.15. The number of aromatic nitrogens is 4. The van der Waals surface area contributed by atoms with Crippen molar-refractivity contribution in [1.82, 2.24) is 25.1 Å². The number of hydrogen-bond acceptors (Lipinski definition) is 5. The van der Waals surface area contributed by atoms with E-state index in [1.54, 1.807) is 24.1 Å². The number of halogens is 1. The van der Waals surface area contributed by atoms with E-state index in [1.165, 1.54) is 6.20 Å². The van der Waals surface area contributed by atoms with E-state index in [9.17, 15) is 4.79 Å². The van der Waals surface area contributed by atoms with Crippen molar-refractivity contribution in [3.05, 3.63) is 35.0 Å². The molecule has 0 fully saturated rings. The highest BCUT2D eigenvalue weighted by Crippen LogP contribution is 2.18. The van der Waals surface area contributed by atoms with Crippen LogP contribution in [-0.2, 0) is 13.6 Å². The third-order valence-corrected chi connectivity index (χ3v) is 3.01. The van der Waals surface area contributed by atoms with Crippen LogP contribution in [0.5, 0.6) is 0 Å². The first-order valence-corrected chi connectivity index (χ1v) is 7.00. The highest BCUT2D eigenvalue weighted by Gasteiger charge is 2.12. The van der Waals surface area contributed by atoms with Crippen molar-refractivity contribution in [2.45, 2.75) is 19.9 Å². The topological polar surface area (TPSA) is 84.7 Å². The molecule has 0 radical (unpaired) electrons. The SMILES string of the molecule is CCCNc1cc(C(=O)NCc2ncn(C)n2)c(Cl)cn1. The molecule has 2 heterocycles. The van der Waals surface area contributed by atoms with Gasteiger partial charge in [0.15, 0.2) is 5.82 Å². The molecule has 0 bridgehead atoms. The summed E-state index contributed by atoms with van der Waals surface area (Å²) in [6, 6.07) is 1.64. The molecule has 0 aliphatic rings. The molecular formula is C13H17ClN6O. The summed E-state index contributed by atoms with van der Waals surface area (Å²) in [5, 5.41) is 10.3. The first-order chi connectivity index (χ1) is 10.1. The van der Waals surface area contributed by atoms with E-state index >= 15 is 0 Å². The van der Waals surface area contributed by atoms with Gasteiger partial charge in [-0.1, -0.05) is 18.5 Å². The van der Waals surface area contributed by atoms with Gasteiger partial charge in [0.2, 0.25) is 0 Å². The number of amides is 1. The molecule has 0 saturated carbocycles. The zero-order chi connectivity index (χ0) is 15.2. The van der Waals surface area contributed by atoms with Gasteiger partial charge in [0.05, 0.1) is 17.1 Å². The predicted octanol–water partition coefficient (Wildman–Crippen LogP) is 1.62. The Kier molecular flexibility index (Phi) is 5.10. The van der Waals surface area contributed by atoms with Gasteiger partial charge in [-0.2, -0.15) is 5.10 Å². The lowest BCUT2D eigenvalue weighted by atomic mass is 10.2. The molecule has 0 atom stereocenters.